The van der Waals surface area contributed by atoms with E-state index in [-0.39, 0.29) is 23.4 Å². The van der Waals surface area contributed by atoms with Crippen LogP contribution in [0.2, 0.25) is 0 Å². The van der Waals surface area contributed by atoms with Crippen molar-refractivity contribution in [3.63, 3.8) is 0 Å². The van der Waals surface area contributed by atoms with E-state index in [0.29, 0.717) is 32.7 Å². The number of piperidine rings is 1. The average Bonchev–Trinajstić information content (AvgIpc) is 3.11. The highest BCUT2D eigenvalue weighted by atomic mass is 16.6. The summed E-state index contributed by atoms with van der Waals surface area (Å²) in [6, 6.07) is 9.74. The number of carbonyl (C=O) groups excluding carboxylic acids is 2. The zero-order valence-electron chi connectivity index (χ0n) is 16.9. The van der Waals surface area contributed by atoms with Gasteiger partial charge < -0.3 is 19.7 Å². The summed E-state index contributed by atoms with van der Waals surface area (Å²) in [4.78, 5) is 26.3. The van der Waals surface area contributed by atoms with Crippen LogP contribution in [0.1, 0.15) is 31.7 Å². The van der Waals surface area contributed by atoms with Crippen molar-refractivity contribution in [3.05, 3.63) is 59.3 Å². The fourth-order valence-electron chi connectivity index (χ4n) is 4.53. The van der Waals surface area contributed by atoms with E-state index in [4.69, 9.17) is 9.47 Å². The Hall–Kier alpha value is -2.76. The van der Waals surface area contributed by atoms with Crippen LogP contribution < -0.4 is 5.32 Å². The lowest BCUT2D eigenvalue weighted by Crippen LogP contribution is -2.45. The fraction of sp³-hybridized carbons (Fsp3) is 0.478. The third-order valence-corrected chi connectivity index (χ3v) is 6.23. The van der Waals surface area contributed by atoms with Gasteiger partial charge in [-0.2, -0.15) is 0 Å². The van der Waals surface area contributed by atoms with Crippen molar-refractivity contribution < 1.29 is 19.1 Å². The normalized spacial score (nSPS) is 22.2. The number of likely N-dealkylation sites (tertiary alicyclic amines) is 1. The first-order valence-corrected chi connectivity index (χ1v) is 10.4. The maximum Gasteiger partial charge on any atom is 0.410 e. The molecule has 2 aliphatic heterocycles. The zero-order chi connectivity index (χ0) is 20.3. The van der Waals surface area contributed by atoms with Gasteiger partial charge in [0.25, 0.3) is 0 Å². The molecule has 0 aromatic heterocycles. The molecule has 1 unspecified atom stereocenters. The van der Waals surface area contributed by atoms with Gasteiger partial charge in [-0.05, 0) is 30.9 Å². The van der Waals surface area contributed by atoms with Crippen molar-refractivity contribution in [2.24, 2.45) is 11.3 Å². The Bertz CT molecular complexity index is 823. The third kappa shape index (κ3) is 4.02. The molecule has 6 heteroatoms. The van der Waals surface area contributed by atoms with Crippen molar-refractivity contribution in [2.75, 3.05) is 26.2 Å². The van der Waals surface area contributed by atoms with Crippen molar-refractivity contribution >= 4 is 12.1 Å². The highest BCUT2D eigenvalue weighted by Crippen LogP contribution is 2.46. The predicted molar refractivity (Wildman–Crippen MR) is 109 cm³/mol. The van der Waals surface area contributed by atoms with Gasteiger partial charge in [-0.15, -0.1) is 0 Å². The van der Waals surface area contributed by atoms with Gasteiger partial charge in [0.05, 0.1) is 12.5 Å². The number of carbonyl (C=O) groups is 2. The topological polar surface area (TPSA) is 67.9 Å². The Morgan fingerprint density at radius 3 is 2.66 bits per heavy atom. The minimum atomic E-state index is -0.245. The van der Waals surface area contributed by atoms with Crippen LogP contribution >= 0.6 is 0 Å². The smallest absolute Gasteiger partial charge is 0.410 e. The highest BCUT2D eigenvalue weighted by Gasteiger charge is 2.44. The number of hydrogen-bond donors (Lipinski definition) is 1. The largest absolute Gasteiger partial charge is 0.466 e. The second kappa shape index (κ2) is 8.31. The van der Waals surface area contributed by atoms with E-state index in [2.05, 4.69) is 11.4 Å². The number of allylic oxidation sites excluding steroid dienone is 2. The Labute approximate surface area is 171 Å². The van der Waals surface area contributed by atoms with Crippen LogP contribution in [-0.2, 0) is 20.9 Å². The first-order valence-electron chi connectivity index (χ1n) is 10.4. The molecule has 1 fully saturated rings. The van der Waals surface area contributed by atoms with Gasteiger partial charge in [0.1, 0.15) is 6.61 Å². The van der Waals surface area contributed by atoms with Crippen LogP contribution in [0.3, 0.4) is 0 Å². The molecule has 1 amide bonds. The first-order chi connectivity index (χ1) is 14.1. The van der Waals surface area contributed by atoms with E-state index in [0.717, 1.165) is 30.6 Å². The molecule has 1 aromatic rings. The van der Waals surface area contributed by atoms with Crippen molar-refractivity contribution in [1.82, 2.24) is 10.2 Å². The van der Waals surface area contributed by atoms with Gasteiger partial charge in [0, 0.05) is 37.2 Å². The second-order valence-corrected chi connectivity index (χ2v) is 7.98. The van der Waals surface area contributed by atoms with E-state index >= 15 is 0 Å². The zero-order valence-corrected chi connectivity index (χ0v) is 16.9. The van der Waals surface area contributed by atoms with Crippen LogP contribution in [-0.4, -0.2) is 43.2 Å². The van der Waals surface area contributed by atoms with Crippen LogP contribution in [0.4, 0.5) is 4.79 Å². The molecule has 29 heavy (non-hydrogen) atoms. The predicted octanol–water partition coefficient (Wildman–Crippen LogP) is 3.40. The summed E-state index contributed by atoms with van der Waals surface area (Å²) in [7, 11) is 0. The lowest BCUT2D eigenvalue weighted by Gasteiger charge is -2.40. The van der Waals surface area contributed by atoms with Crippen molar-refractivity contribution in [1.29, 1.82) is 0 Å². The summed E-state index contributed by atoms with van der Waals surface area (Å²) in [5.41, 5.74) is 3.50. The minimum absolute atomic E-state index is 0.0433. The van der Waals surface area contributed by atoms with Gasteiger partial charge in [-0.3, -0.25) is 4.79 Å². The molecule has 4 rings (SSSR count). The quantitative estimate of drug-likeness (QED) is 0.790. The van der Waals surface area contributed by atoms with E-state index < -0.39 is 0 Å². The highest BCUT2D eigenvalue weighted by molar-refractivity contribution is 5.76. The number of fused-ring (bicyclic) bond motifs is 1. The summed E-state index contributed by atoms with van der Waals surface area (Å²) >= 11 is 0. The number of nitrogens with one attached hydrogen (secondary N) is 1. The molecule has 1 aliphatic carbocycles. The van der Waals surface area contributed by atoms with Gasteiger partial charge in [-0.1, -0.05) is 42.5 Å². The van der Waals surface area contributed by atoms with Crippen LogP contribution in [0, 0.1) is 11.3 Å². The second-order valence-electron chi connectivity index (χ2n) is 7.98. The molecule has 1 N–H and O–H groups in total. The first kappa shape index (κ1) is 19.6. The molecule has 3 aliphatic rings. The van der Waals surface area contributed by atoms with Crippen molar-refractivity contribution in [2.45, 2.75) is 32.8 Å². The lowest BCUT2D eigenvalue weighted by atomic mass is 9.72. The standard InChI is InChI=1S/C23H28N2O4/c1-2-28-21(26)18-8-9-19-20(14-18)24-16-23(19)10-12-25(13-11-23)22(27)29-15-17-6-4-3-5-7-17/h3-9,18,24H,2,10-16H2,1H3. The molecule has 1 atom stereocenters. The minimum Gasteiger partial charge on any atom is -0.466 e. The van der Waals surface area contributed by atoms with Crippen molar-refractivity contribution in [3.8, 4) is 0 Å². The molecule has 1 saturated heterocycles. The van der Waals surface area contributed by atoms with Gasteiger partial charge in [0.2, 0.25) is 0 Å². The number of rotatable bonds is 4. The summed E-state index contributed by atoms with van der Waals surface area (Å²) in [6.07, 6.45) is 6.30. The Morgan fingerprint density at radius 1 is 1.17 bits per heavy atom. The van der Waals surface area contributed by atoms with Crippen LogP contribution in [0.25, 0.3) is 0 Å². The summed E-state index contributed by atoms with van der Waals surface area (Å²) < 4.78 is 10.6. The SMILES string of the molecule is CCOC(=O)C1C=CC2=C(C1)NCC21CCN(C(=O)OCc2ccccc2)CC1. The third-order valence-electron chi connectivity index (χ3n) is 6.23. The number of amides is 1. The molecule has 0 saturated carbocycles. The van der Waals surface area contributed by atoms with Crippen LogP contribution in [0.5, 0.6) is 0 Å². The van der Waals surface area contributed by atoms with Crippen LogP contribution in [0.15, 0.2) is 53.8 Å². The molecule has 1 aromatic carbocycles. The number of esters is 1. The molecule has 6 nitrogen and oxygen atoms in total. The monoisotopic (exact) mass is 396 g/mol. The number of ether oxygens (including phenoxy) is 2. The van der Waals surface area contributed by atoms with E-state index in [1.807, 2.05) is 43.3 Å². The summed E-state index contributed by atoms with van der Waals surface area (Å²) in [5.74, 6) is -0.363. The molecule has 0 bridgehead atoms. The Morgan fingerprint density at radius 2 is 1.93 bits per heavy atom. The number of nitrogens with zero attached hydrogens (tertiary/aromatic N) is 1. The summed E-state index contributed by atoms with van der Waals surface area (Å²) in [5, 5.41) is 3.52. The summed E-state index contributed by atoms with van der Waals surface area (Å²) in [6.45, 7) is 4.77. The van der Waals surface area contributed by atoms with E-state index in [9.17, 15) is 9.59 Å². The van der Waals surface area contributed by atoms with Gasteiger partial charge >= 0.3 is 12.1 Å². The van der Waals surface area contributed by atoms with E-state index in [1.165, 1.54) is 5.57 Å². The molecular weight excluding hydrogens is 368 g/mol. The van der Waals surface area contributed by atoms with Gasteiger partial charge in [-0.25, -0.2) is 4.79 Å². The maximum absolute atomic E-state index is 12.4. The lowest BCUT2D eigenvalue weighted by molar-refractivity contribution is -0.146. The molecule has 0 radical (unpaired) electrons. The Kier molecular flexibility index (Phi) is 5.60. The average molecular weight is 396 g/mol. The fourth-order valence-corrected chi connectivity index (χ4v) is 4.53. The van der Waals surface area contributed by atoms with Gasteiger partial charge in [0.15, 0.2) is 0 Å². The molecule has 154 valence electrons. The number of hydrogen-bond acceptors (Lipinski definition) is 5. The maximum atomic E-state index is 12.4. The van der Waals surface area contributed by atoms with E-state index in [1.54, 1.807) is 4.90 Å². The number of benzene rings is 1. The Balaban J connectivity index is 1.33. The molecule has 1 spiro atoms. The molecule has 2 heterocycles. The molecular formula is C23H28N2O4.